The summed E-state index contributed by atoms with van der Waals surface area (Å²) in [5, 5.41) is 14.0. The van der Waals surface area contributed by atoms with E-state index in [1.165, 1.54) is 0 Å². The molecule has 4 aromatic rings. The molecule has 2 aromatic carbocycles. The van der Waals surface area contributed by atoms with E-state index in [1.54, 1.807) is 18.2 Å². The molecule has 2 heterocycles. The van der Waals surface area contributed by atoms with Crippen molar-refractivity contribution in [1.82, 2.24) is 14.1 Å². The van der Waals surface area contributed by atoms with Crippen LogP contribution in [0.2, 0.25) is 0 Å². The van der Waals surface area contributed by atoms with Crippen LogP contribution in [0.3, 0.4) is 0 Å². The number of hydrogen-bond acceptors (Lipinski definition) is 6. The molecule has 2 aromatic heterocycles. The number of nitrogens with zero attached hydrogens (tertiary/aromatic N) is 2. The number of hydrogen-bond donors (Lipinski definition) is 2. The topological polar surface area (TPSA) is 88.2 Å². The molecule has 1 atom stereocenters. The number of amides is 1. The second-order valence-electron chi connectivity index (χ2n) is 5.71. The Morgan fingerprint density at radius 1 is 1.16 bits per heavy atom. The van der Waals surface area contributed by atoms with Crippen LogP contribution >= 0.6 is 11.7 Å². The fraction of sp³-hybridized carbons (Fsp3) is 0.167. The molecule has 25 heavy (non-hydrogen) atoms. The molecule has 2 N–H and O–H groups in total. The van der Waals surface area contributed by atoms with Crippen LogP contribution in [-0.4, -0.2) is 26.3 Å². The number of carbonyl (C=O) groups excluding carboxylic acids is 1. The number of carbonyl (C=O) groups is 1. The van der Waals surface area contributed by atoms with Crippen molar-refractivity contribution in [1.29, 1.82) is 0 Å². The van der Waals surface area contributed by atoms with Gasteiger partial charge in [0.2, 0.25) is 0 Å². The van der Waals surface area contributed by atoms with Crippen molar-refractivity contribution in [2.75, 3.05) is 6.54 Å². The fourth-order valence-corrected chi connectivity index (χ4v) is 3.17. The summed E-state index contributed by atoms with van der Waals surface area (Å²) in [5.74, 6) is 0.303. The highest BCUT2D eigenvalue weighted by Crippen LogP contribution is 2.25. The number of aromatic nitrogens is 2. The van der Waals surface area contributed by atoms with E-state index in [4.69, 9.17) is 4.42 Å². The Kier molecular flexibility index (Phi) is 4.17. The van der Waals surface area contributed by atoms with Gasteiger partial charge in [0.25, 0.3) is 5.91 Å². The van der Waals surface area contributed by atoms with Crippen LogP contribution in [0.5, 0.6) is 0 Å². The molecule has 0 aliphatic carbocycles. The minimum atomic E-state index is -0.766. The monoisotopic (exact) mass is 353 g/mol. The first-order valence-corrected chi connectivity index (χ1v) is 8.61. The van der Waals surface area contributed by atoms with Gasteiger partial charge < -0.3 is 14.8 Å². The highest BCUT2D eigenvalue weighted by Gasteiger charge is 2.14. The number of aliphatic hydroxyl groups excluding tert-OH is 1. The van der Waals surface area contributed by atoms with E-state index in [2.05, 4.69) is 14.1 Å². The van der Waals surface area contributed by atoms with Gasteiger partial charge in [0.15, 0.2) is 0 Å². The molecular formula is C18H15N3O3S. The lowest BCUT2D eigenvalue weighted by Crippen LogP contribution is -2.25. The summed E-state index contributed by atoms with van der Waals surface area (Å²) in [6.07, 6.45) is -0.399. The van der Waals surface area contributed by atoms with Gasteiger partial charge in [0, 0.05) is 17.5 Å². The summed E-state index contributed by atoms with van der Waals surface area (Å²) >= 11 is 1.12. The smallest absolute Gasteiger partial charge is 0.251 e. The second-order valence-corrected chi connectivity index (χ2v) is 6.24. The Labute approximate surface area is 147 Å². The molecule has 0 aliphatic heterocycles. The Morgan fingerprint density at radius 2 is 2.00 bits per heavy atom. The van der Waals surface area contributed by atoms with Crippen LogP contribution in [0, 0.1) is 0 Å². The van der Waals surface area contributed by atoms with E-state index in [1.807, 2.05) is 30.3 Å². The number of fused-ring (bicyclic) bond motifs is 2. The van der Waals surface area contributed by atoms with Gasteiger partial charge in [-0.05, 0) is 36.8 Å². The average molecular weight is 353 g/mol. The number of aliphatic hydroxyl groups is 1. The lowest BCUT2D eigenvalue weighted by Gasteiger charge is -2.09. The fourth-order valence-electron chi connectivity index (χ4n) is 2.66. The summed E-state index contributed by atoms with van der Waals surface area (Å²) < 4.78 is 13.9. The minimum Gasteiger partial charge on any atom is -0.458 e. The Hall–Kier alpha value is -2.77. The van der Waals surface area contributed by atoms with E-state index >= 15 is 0 Å². The minimum absolute atomic E-state index is 0.202. The van der Waals surface area contributed by atoms with Crippen LogP contribution in [0.25, 0.3) is 22.0 Å². The molecule has 0 radical (unpaired) electrons. The third-order valence-corrected chi connectivity index (χ3v) is 4.55. The predicted octanol–water partition coefficient (Wildman–Crippen LogP) is 3.29. The molecule has 0 saturated heterocycles. The maximum Gasteiger partial charge on any atom is 0.251 e. The second kappa shape index (κ2) is 6.62. The summed E-state index contributed by atoms with van der Waals surface area (Å²) in [4.78, 5) is 12.2. The van der Waals surface area contributed by atoms with Gasteiger partial charge in [0.1, 0.15) is 28.5 Å². The number of para-hydroxylation sites is 1. The van der Waals surface area contributed by atoms with Crippen molar-refractivity contribution in [2.24, 2.45) is 0 Å². The molecule has 0 aliphatic rings. The van der Waals surface area contributed by atoms with E-state index in [9.17, 15) is 9.90 Å². The maximum absolute atomic E-state index is 12.2. The largest absolute Gasteiger partial charge is 0.458 e. The predicted molar refractivity (Wildman–Crippen MR) is 95.5 cm³/mol. The molecule has 0 unspecified atom stereocenters. The molecule has 0 spiro atoms. The van der Waals surface area contributed by atoms with Crippen LogP contribution in [0.4, 0.5) is 0 Å². The van der Waals surface area contributed by atoms with Crippen molar-refractivity contribution in [3.63, 3.8) is 0 Å². The normalized spacial score (nSPS) is 12.5. The molecule has 0 fully saturated rings. The van der Waals surface area contributed by atoms with Crippen molar-refractivity contribution in [3.05, 3.63) is 59.9 Å². The van der Waals surface area contributed by atoms with Crippen molar-refractivity contribution in [2.45, 2.75) is 12.5 Å². The molecular weight excluding hydrogens is 338 g/mol. The Balaban J connectivity index is 1.36. The number of furan rings is 1. The lowest BCUT2D eigenvalue weighted by molar-refractivity contribution is 0.0937. The molecule has 0 bridgehead atoms. The molecule has 0 saturated carbocycles. The zero-order valence-electron chi connectivity index (χ0n) is 13.2. The van der Waals surface area contributed by atoms with Gasteiger partial charge in [-0.15, -0.1) is 0 Å². The van der Waals surface area contributed by atoms with Gasteiger partial charge in [-0.2, -0.15) is 8.75 Å². The van der Waals surface area contributed by atoms with Gasteiger partial charge >= 0.3 is 0 Å². The summed E-state index contributed by atoms with van der Waals surface area (Å²) in [5.41, 5.74) is 2.76. The average Bonchev–Trinajstić information content (AvgIpc) is 3.27. The highest BCUT2D eigenvalue weighted by atomic mass is 32.1. The van der Waals surface area contributed by atoms with Crippen LogP contribution in [-0.2, 0) is 0 Å². The van der Waals surface area contributed by atoms with Crippen molar-refractivity contribution >= 4 is 39.6 Å². The van der Waals surface area contributed by atoms with Crippen molar-refractivity contribution in [3.8, 4) is 0 Å². The van der Waals surface area contributed by atoms with Gasteiger partial charge in [-0.1, -0.05) is 18.2 Å². The molecule has 126 valence electrons. The van der Waals surface area contributed by atoms with Crippen LogP contribution in [0.1, 0.15) is 28.6 Å². The number of nitrogens with one attached hydrogen (secondary N) is 1. The van der Waals surface area contributed by atoms with Gasteiger partial charge in [-0.25, -0.2) is 0 Å². The zero-order valence-corrected chi connectivity index (χ0v) is 14.0. The first kappa shape index (κ1) is 15.7. The first-order chi connectivity index (χ1) is 12.2. The summed E-state index contributed by atoms with van der Waals surface area (Å²) in [6, 6.07) is 14.6. The highest BCUT2D eigenvalue weighted by molar-refractivity contribution is 7.00. The Morgan fingerprint density at radius 3 is 2.88 bits per heavy atom. The maximum atomic E-state index is 12.2. The zero-order chi connectivity index (χ0) is 17.2. The molecule has 6 nitrogen and oxygen atoms in total. The third kappa shape index (κ3) is 3.24. The summed E-state index contributed by atoms with van der Waals surface area (Å²) in [6.45, 7) is 0.338. The van der Waals surface area contributed by atoms with Gasteiger partial charge in [0.05, 0.1) is 11.7 Å². The molecule has 4 rings (SSSR count). The van der Waals surface area contributed by atoms with E-state index in [-0.39, 0.29) is 5.91 Å². The van der Waals surface area contributed by atoms with E-state index < -0.39 is 6.10 Å². The first-order valence-electron chi connectivity index (χ1n) is 7.88. The van der Waals surface area contributed by atoms with Gasteiger partial charge in [-0.3, -0.25) is 4.79 Å². The number of rotatable bonds is 5. The Bertz CT molecular complexity index is 1010. The third-order valence-electron chi connectivity index (χ3n) is 3.99. The van der Waals surface area contributed by atoms with Crippen molar-refractivity contribution < 1.29 is 14.3 Å². The lowest BCUT2D eigenvalue weighted by atomic mass is 10.1. The number of benzene rings is 2. The molecule has 1 amide bonds. The van der Waals surface area contributed by atoms with E-state index in [0.29, 0.717) is 29.8 Å². The van der Waals surface area contributed by atoms with Crippen LogP contribution < -0.4 is 5.32 Å². The quantitative estimate of drug-likeness (QED) is 0.575. The van der Waals surface area contributed by atoms with Crippen LogP contribution in [0.15, 0.2) is 52.9 Å². The standard InChI is InChI=1S/C18H15N3O3S/c22-15(17-10-11-3-1-2-4-16(11)24-17)7-8-19-18(23)12-5-6-13-14(9-12)21-25-20-13/h1-6,9-10,15,22H,7-8H2,(H,19,23)/t15-/m0/s1. The van der Waals surface area contributed by atoms with E-state index in [0.717, 1.165) is 28.2 Å². The SMILES string of the molecule is O=C(NCC[C@H](O)c1cc2ccccc2o1)c1ccc2nsnc2c1. The summed E-state index contributed by atoms with van der Waals surface area (Å²) in [7, 11) is 0. The molecule has 7 heteroatoms.